The number of carbonyl (C=O) groups is 1. The zero-order chi connectivity index (χ0) is 20.5. The van der Waals surface area contributed by atoms with E-state index in [9.17, 15) is 17.6 Å². The fourth-order valence-corrected chi connectivity index (χ4v) is 4.40. The Morgan fingerprint density at radius 2 is 1.96 bits per heavy atom. The molecule has 0 atom stereocenters. The topological polar surface area (TPSA) is 91.0 Å². The first-order chi connectivity index (χ1) is 13.2. The average Bonchev–Trinajstić information content (AvgIpc) is 2.82. The lowest BCUT2D eigenvalue weighted by Gasteiger charge is -2.19. The number of benzene rings is 2. The van der Waals surface area contributed by atoms with Gasteiger partial charge in [0, 0.05) is 24.7 Å². The lowest BCUT2D eigenvalue weighted by Crippen LogP contribution is -2.41. The summed E-state index contributed by atoms with van der Waals surface area (Å²) in [7, 11) is -0.981. The number of ether oxygens (including phenoxy) is 1. The molecule has 1 heterocycles. The summed E-state index contributed by atoms with van der Waals surface area (Å²) in [5, 5.41) is 5.56. The van der Waals surface area contributed by atoms with Crippen LogP contribution in [0.4, 0.5) is 26.2 Å². The van der Waals surface area contributed by atoms with Gasteiger partial charge in [0.2, 0.25) is 0 Å². The summed E-state index contributed by atoms with van der Waals surface area (Å²) >= 11 is 5.92. The molecule has 2 aromatic rings. The molecule has 0 bridgehead atoms. The molecule has 0 fully saturated rings. The highest BCUT2D eigenvalue weighted by atomic mass is 35.5. The Morgan fingerprint density at radius 3 is 2.68 bits per heavy atom. The molecule has 2 amide bonds. The third kappa shape index (κ3) is 3.78. The number of anilines is 3. The maximum absolute atomic E-state index is 13.6. The maximum Gasteiger partial charge on any atom is 0.326 e. The molecule has 1 aliphatic heterocycles. The number of methoxy groups -OCH3 is 1. The van der Waals surface area contributed by atoms with Crippen molar-refractivity contribution in [2.24, 2.45) is 0 Å². The number of amides is 2. The molecule has 0 saturated heterocycles. The monoisotopic (exact) mass is 428 g/mol. The third-order valence-corrected chi connectivity index (χ3v) is 6.24. The van der Waals surface area contributed by atoms with Crippen LogP contribution in [0.5, 0.6) is 5.75 Å². The second-order valence-electron chi connectivity index (χ2n) is 5.91. The van der Waals surface area contributed by atoms with Crippen LogP contribution in [0.3, 0.4) is 0 Å². The summed E-state index contributed by atoms with van der Waals surface area (Å²) in [6.45, 7) is -0.0685. The Bertz CT molecular complexity index is 1020. The van der Waals surface area contributed by atoms with Crippen molar-refractivity contribution in [3.05, 3.63) is 47.2 Å². The number of fused-ring (bicyclic) bond motifs is 1. The van der Waals surface area contributed by atoms with Gasteiger partial charge in [0.15, 0.2) is 0 Å². The molecule has 150 valence electrons. The van der Waals surface area contributed by atoms with Crippen molar-refractivity contribution in [3.63, 3.8) is 0 Å². The fourth-order valence-electron chi connectivity index (χ4n) is 2.81. The van der Waals surface area contributed by atoms with E-state index in [1.165, 1.54) is 32.4 Å². The van der Waals surface area contributed by atoms with Gasteiger partial charge in [-0.1, -0.05) is 11.6 Å². The smallest absolute Gasteiger partial charge is 0.326 e. The van der Waals surface area contributed by atoms with Crippen molar-refractivity contribution in [2.45, 2.75) is 0 Å². The van der Waals surface area contributed by atoms with E-state index in [0.717, 1.165) is 14.7 Å². The first-order valence-electron chi connectivity index (χ1n) is 8.18. The number of rotatable bonds is 5. The van der Waals surface area contributed by atoms with Crippen molar-refractivity contribution in [1.29, 1.82) is 0 Å². The van der Waals surface area contributed by atoms with Crippen LogP contribution in [0, 0.1) is 5.82 Å². The normalized spacial score (nSPS) is 14.6. The number of urea groups is 1. The highest BCUT2D eigenvalue weighted by Crippen LogP contribution is 2.39. The fraction of sp³-hybridized carbons (Fsp3) is 0.235. The summed E-state index contributed by atoms with van der Waals surface area (Å²) in [6, 6.07) is 7.92. The van der Waals surface area contributed by atoms with E-state index < -0.39 is 22.1 Å². The number of halogens is 2. The minimum atomic E-state index is -3.82. The molecule has 3 rings (SSSR count). The predicted octanol–water partition coefficient (Wildman–Crippen LogP) is 2.81. The van der Waals surface area contributed by atoms with Gasteiger partial charge >= 0.3 is 16.2 Å². The number of nitrogens with one attached hydrogen (secondary N) is 2. The molecular weight excluding hydrogens is 411 g/mol. The first kappa shape index (κ1) is 20.0. The molecule has 2 N–H and O–H groups in total. The Labute approximate surface area is 167 Å². The zero-order valence-corrected chi connectivity index (χ0v) is 16.6. The Hall–Kier alpha value is -2.72. The van der Waals surface area contributed by atoms with Crippen molar-refractivity contribution in [1.82, 2.24) is 5.32 Å². The summed E-state index contributed by atoms with van der Waals surface area (Å²) in [5.41, 5.74) is 0.962. The average molecular weight is 429 g/mol. The van der Waals surface area contributed by atoms with E-state index >= 15 is 0 Å². The van der Waals surface area contributed by atoms with Crippen LogP contribution >= 0.6 is 11.6 Å². The van der Waals surface area contributed by atoms with Gasteiger partial charge < -0.3 is 15.4 Å². The lowest BCUT2D eigenvalue weighted by molar-refractivity contribution is 0.252. The zero-order valence-electron chi connectivity index (χ0n) is 15.1. The van der Waals surface area contributed by atoms with Crippen LogP contribution in [0.25, 0.3) is 0 Å². The van der Waals surface area contributed by atoms with Gasteiger partial charge in [-0.15, -0.1) is 0 Å². The quantitative estimate of drug-likeness (QED) is 0.766. The molecule has 0 saturated carbocycles. The van der Waals surface area contributed by atoms with E-state index in [-0.39, 0.29) is 18.8 Å². The van der Waals surface area contributed by atoms with Gasteiger partial charge in [-0.2, -0.15) is 8.42 Å². The molecule has 8 nitrogen and oxygen atoms in total. The minimum Gasteiger partial charge on any atom is -0.495 e. The van der Waals surface area contributed by atoms with Gasteiger partial charge in [0.05, 0.1) is 30.7 Å². The van der Waals surface area contributed by atoms with E-state index in [1.54, 1.807) is 12.1 Å². The van der Waals surface area contributed by atoms with Crippen molar-refractivity contribution in [3.8, 4) is 5.75 Å². The SMILES string of the molecule is COc1ccc(Cl)cc1NC(=O)NCCN1c2cc(F)ccc2N(C)S1(=O)=O. The number of hydrogen-bond donors (Lipinski definition) is 2. The van der Waals surface area contributed by atoms with Gasteiger partial charge in [-0.25, -0.2) is 13.5 Å². The third-order valence-electron chi connectivity index (χ3n) is 4.18. The highest BCUT2D eigenvalue weighted by molar-refractivity contribution is 7.94. The van der Waals surface area contributed by atoms with Crippen LogP contribution < -0.4 is 24.0 Å². The van der Waals surface area contributed by atoms with E-state index in [0.29, 0.717) is 22.1 Å². The maximum atomic E-state index is 13.6. The summed E-state index contributed by atoms with van der Waals surface area (Å²) in [5.74, 6) is -0.124. The van der Waals surface area contributed by atoms with Gasteiger partial charge in [-0.05, 0) is 30.3 Å². The van der Waals surface area contributed by atoms with Crippen LogP contribution in [0.1, 0.15) is 0 Å². The van der Waals surface area contributed by atoms with Crippen molar-refractivity contribution >= 4 is 44.9 Å². The molecule has 0 spiro atoms. The molecule has 0 radical (unpaired) electrons. The van der Waals surface area contributed by atoms with Crippen LogP contribution in [-0.2, 0) is 10.2 Å². The molecular formula is C17H18ClFN4O4S. The molecule has 0 aliphatic carbocycles. The van der Waals surface area contributed by atoms with Gasteiger partial charge in [0.25, 0.3) is 0 Å². The Morgan fingerprint density at radius 1 is 1.21 bits per heavy atom. The molecule has 0 unspecified atom stereocenters. The first-order valence-corrected chi connectivity index (χ1v) is 9.96. The standard InChI is InChI=1S/C17H18ClFN4O4S/c1-22-14-5-4-12(19)10-15(14)23(28(22,25)26)8-7-20-17(24)21-13-9-11(18)3-6-16(13)27-2/h3-6,9-10H,7-8H2,1-2H3,(H2,20,21,24). The van der Waals surface area contributed by atoms with Crippen molar-refractivity contribution in [2.75, 3.05) is 41.2 Å². The van der Waals surface area contributed by atoms with Crippen LogP contribution in [0.2, 0.25) is 5.02 Å². The highest BCUT2D eigenvalue weighted by Gasteiger charge is 2.37. The molecule has 11 heteroatoms. The summed E-state index contributed by atoms with van der Waals surface area (Å²) in [4.78, 5) is 12.1. The predicted molar refractivity (Wildman–Crippen MR) is 106 cm³/mol. The molecule has 1 aliphatic rings. The number of nitrogens with zero attached hydrogens (tertiary/aromatic N) is 2. The Kier molecular flexibility index (Phi) is 5.52. The molecule has 0 aromatic heterocycles. The Balaban J connectivity index is 1.66. The summed E-state index contributed by atoms with van der Waals surface area (Å²) < 4.78 is 45.9. The van der Waals surface area contributed by atoms with E-state index in [1.807, 2.05) is 0 Å². The van der Waals surface area contributed by atoms with Crippen LogP contribution in [-0.4, -0.2) is 41.7 Å². The molecule has 2 aromatic carbocycles. The van der Waals surface area contributed by atoms with E-state index in [4.69, 9.17) is 16.3 Å². The van der Waals surface area contributed by atoms with Gasteiger partial charge in [0.1, 0.15) is 11.6 Å². The summed E-state index contributed by atoms with van der Waals surface area (Å²) in [6.07, 6.45) is 0. The second kappa shape index (κ2) is 7.72. The van der Waals surface area contributed by atoms with E-state index in [2.05, 4.69) is 10.6 Å². The number of carbonyl (C=O) groups excluding carboxylic acids is 1. The van der Waals surface area contributed by atoms with Crippen molar-refractivity contribution < 1.29 is 22.3 Å². The number of hydrogen-bond acceptors (Lipinski definition) is 4. The largest absolute Gasteiger partial charge is 0.495 e. The minimum absolute atomic E-state index is 0.00224. The molecule has 28 heavy (non-hydrogen) atoms. The lowest BCUT2D eigenvalue weighted by atomic mass is 10.2. The van der Waals surface area contributed by atoms with Gasteiger partial charge in [-0.3, -0.25) is 4.31 Å². The van der Waals surface area contributed by atoms with Crippen LogP contribution in [0.15, 0.2) is 36.4 Å². The second-order valence-corrected chi connectivity index (χ2v) is 8.23.